The second-order valence-corrected chi connectivity index (χ2v) is 8.33. The molecule has 3 aromatic rings. The van der Waals surface area contributed by atoms with Gasteiger partial charge in [0.15, 0.2) is 5.76 Å². The summed E-state index contributed by atoms with van der Waals surface area (Å²) in [4.78, 5) is 12.5. The molecule has 0 aliphatic rings. The number of hydrogen-bond acceptors (Lipinski definition) is 5. The second-order valence-electron chi connectivity index (χ2n) is 6.39. The number of nitrogens with one attached hydrogen (secondary N) is 1. The number of phenols is 1. The van der Waals surface area contributed by atoms with Gasteiger partial charge in [-0.15, -0.1) is 0 Å². The quantitative estimate of drug-likeness (QED) is 0.548. The van der Waals surface area contributed by atoms with Crippen LogP contribution in [0.5, 0.6) is 5.75 Å². The van der Waals surface area contributed by atoms with Crippen molar-refractivity contribution in [2.24, 2.45) is 0 Å². The van der Waals surface area contributed by atoms with Crippen LogP contribution in [0, 0.1) is 5.82 Å². The molecule has 0 saturated carbocycles. The van der Waals surface area contributed by atoms with Gasteiger partial charge in [0.2, 0.25) is 10.0 Å². The van der Waals surface area contributed by atoms with Gasteiger partial charge in [0.1, 0.15) is 17.3 Å². The third kappa shape index (κ3) is 4.37. The van der Waals surface area contributed by atoms with Crippen molar-refractivity contribution < 1.29 is 27.1 Å². The number of amides is 1. The number of rotatable bonds is 7. The number of anilines is 1. The van der Waals surface area contributed by atoms with Crippen LogP contribution in [0.4, 0.5) is 10.1 Å². The molecule has 0 atom stereocenters. The lowest BCUT2D eigenvalue weighted by atomic mass is 10.2. The average molecular weight is 432 g/mol. The van der Waals surface area contributed by atoms with E-state index in [1.54, 1.807) is 19.9 Å². The van der Waals surface area contributed by atoms with Crippen LogP contribution in [0.2, 0.25) is 0 Å². The molecule has 7 nitrogen and oxygen atoms in total. The Kier molecular flexibility index (Phi) is 6.23. The molecule has 0 fully saturated rings. The summed E-state index contributed by atoms with van der Waals surface area (Å²) in [6.45, 7) is 4.03. The lowest BCUT2D eigenvalue weighted by molar-refractivity contribution is 0.0997. The van der Waals surface area contributed by atoms with Crippen molar-refractivity contribution in [2.75, 3.05) is 18.4 Å². The van der Waals surface area contributed by atoms with E-state index in [0.717, 1.165) is 0 Å². The first-order valence-electron chi connectivity index (χ1n) is 9.26. The molecule has 0 aliphatic heterocycles. The normalized spacial score (nSPS) is 11.6. The predicted octanol–water partition coefficient (Wildman–Crippen LogP) is 4.07. The van der Waals surface area contributed by atoms with E-state index < -0.39 is 21.7 Å². The van der Waals surface area contributed by atoms with E-state index in [4.69, 9.17) is 4.42 Å². The SMILES string of the molecule is CCN(CC)S(=O)(=O)c1ccc(O)c(NC(=O)c2ccc(-c3ccc(F)cc3)o2)c1. The maximum absolute atomic E-state index is 13.1. The Morgan fingerprint density at radius 3 is 2.37 bits per heavy atom. The van der Waals surface area contributed by atoms with E-state index >= 15 is 0 Å². The van der Waals surface area contributed by atoms with Gasteiger partial charge in [-0.05, 0) is 54.6 Å². The molecule has 30 heavy (non-hydrogen) atoms. The molecule has 2 aromatic carbocycles. The second kappa shape index (κ2) is 8.68. The summed E-state index contributed by atoms with van der Waals surface area (Å²) in [5.74, 6) is -1.03. The molecule has 1 aromatic heterocycles. The maximum Gasteiger partial charge on any atom is 0.291 e. The van der Waals surface area contributed by atoms with Gasteiger partial charge in [-0.1, -0.05) is 13.8 Å². The molecule has 0 spiro atoms. The highest BCUT2D eigenvalue weighted by Crippen LogP contribution is 2.29. The minimum Gasteiger partial charge on any atom is -0.506 e. The van der Waals surface area contributed by atoms with Crippen molar-refractivity contribution in [3.8, 4) is 17.1 Å². The van der Waals surface area contributed by atoms with Crippen molar-refractivity contribution in [1.29, 1.82) is 0 Å². The molecule has 0 unspecified atom stereocenters. The van der Waals surface area contributed by atoms with Gasteiger partial charge in [0.05, 0.1) is 10.6 Å². The first kappa shape index (κ1) is 21.5. The van der Waals surface area contributed by atoms with Gasteiger partial charge in [-0.25, -0.2) is 12.8 Å². The lowest BCUT2D eigenvalue weighted by Crippen LogP contribution is -2.30. The zero-order valence-electron chi connectivity index (χ0n) is 16.4. The molecule has 1 heterocycles. The summed E-state index contributed by atoms with van der Waals surface area (Å²) in [5.41, 5.74) is 0.526. The Bertz CT molecular complexity index is 1150. The average Bonchev–Trinajstić information content (AvgIpc) is 3.21. The number of sulfonamides is 1. The molecule has 2 N–H and O–H groups in total. The van der Waals surface area contributed by atoms with Crippen LogP contribution in [0.3, 0.4) is 0 Å². The largest absolute Gasteiger partial charge is 0.506 e. The van der Waals surface area contributed by atoms with Crippen LogP contribution in [0.1, 0.15) is 24.4 Å². The molecular formula is C21H21FN2O5S. The first-order valence-corrected chi connectivity index (χ1v) is 10.7. The number of aromatic hydroxyl groups is 1. The van der Waals surface area contributed by atoms with Crippen LogP contribution in [0.15, 0.2) is 63.9 Å². The number of carbonyl (C=O) groups excluding carboxylic acids is 1. The van der Waals surface area contributed by atoms with Crippen molar-refractivity contribution >= 4 is 21.6 Å². The minimum absolute atomic E-state index is 0.0502. The number of carbonyl (C=O) groups is 1. The van der Waals surface area contributed by atoms with Crippen LogP contribution < -0.4 is 5.32 Å². The number of furan rings is 1. The third-order valence-electron chi connectivity index (χ3n) is 4.52. The van der Waals surface area contributed by atoms with E-state index in [9.17, 15) is 22.7 Å². The monoisotopic (exact) mass is 432 g/mol. The Morgan fingerprint density at radius 2 is 1.73 bits per heavy atom. The number of phenolic OH excluding ortho intramolecular Hbond substituents is 1. The summed E-state index contributed by atoms with van der Waals surface area (Å²) in [7, 11) is -3.76. The van der Waals surface area contributed by atoms with Gasteiger partial charge < -0.3 is 14.8 Å². The first-order chi connectivity index (χ1) is 14.3. The highest BCUT2D eigenvalue weighted by atomic mass is 32.2. The summed E-state index contributed by atoms with van der Waals surface area (Å²) in [5, 5.41) is 12.5. The molecule has 158 valence electrons. The molecular weight excluding hydrogens is 411 g/mol. The number of nitrogens with zero attached hydrogens (tertiary/aromatic N) is 1. The Morgan fingerprint density at radius 1 is 1.07 bits per heavy atom. The number of benzene rings is 2. The van der Waals surface area contributed by atoms with E-state index in [0.29, 0.717) is 24.4 Å². The third-order valence-corrected chi connectivity index (χ3v) is 6.56. The van der Waals surface area contributed by atoms with Crippen molar-refractivity contribution in [2.45, 2.75) is 18.7 Å². The Hall–Kier alpha value is -3.17. The highest BCUT2D eigenvalue weighted by molar-refractivity contribution is 7.89. The van der Waals surface area contributed by atoms with Crippen molar-refractivity contribution in [3.63, 3.8) is 0 Å². The molecule has 9 heteroatoms. The van der Waals surface area contributed by atoms with Crippen molar-refractivity contribution in [1.82, 2.24) is 4.31 Å². The summed E-state index contributed by atoms with van der Waals surface area (Å²) < 4.78 is 45.2. The molecule has 0 aliphatic carbocycles. The van der Waals surface area contributed by atoms with E-state index in [1.165, 1.54) is 52.8 Å². The minimum atomic E-state index is -3.76. The molecule has 0 radical (unpaired) electrons. The topological polar surface area (TPSA) is 99.9 Å². The summed E-state index contributed by atoms with van der Waals surface area (Å²) in [6, 6.07) is 12.3. The summed E-state index contributed by atoms with van der Waals surface area (Å²) >= 11 is 0. The fourth-order valence-electron chi connectivity index (χ4n) is 2.90. The number of halogens is 1. The van der Waals surface area contributed by atoms with Gasteiger partial charge >= 0.3 is 0 Å². The van der Waals surface area contributed by atoms with E-state index in [-0.39, 0.29) is 22.1 Å². The van der Waals surface area contributed by atoms with Crippen molar-refractivity contribution in [3.05, 3.63) is 66.2 Å². The zero-order valence-corrected chi connectivity index (χ0v) is 17.2. The van der Waals surface area contributed by atoms with Crippen LogP contribution >= 0.6 is 0 Å². The zero-order chi connectivity index (χ0) is 21.9. The van der Waals surface area contributed by atoms with Gasteiger partial charge in [-0.2, -0.15) is 4.31 Å². The fourth-order valence-corrected chi connectivity index (χ4v) is 4.39. The van der Waals surface area contributed by atoms with Gasteiger partial charge in [-0.3, -0.25) is 4.79 Å². The lowest BCUT2D eigenvalue weighted by Gasteiger charge is -2.19. The molecule has 0 saturated heterocycles. The maximum atomic E-state index is 13.1. The summed E-state index contributed by atoms with van der Waals surface area (Å²) in [6.07, 6.45) is 0. The van der Waals surface area contributed by atoms with Gasteiger partial charge in [0, 0.05) is 18.7 Å². The standard InChI is InChI=1S/C21H21FN2O5S/c1-3-24(4-2)30(27,28)16-9-10-18(25)17(13-16)23-21(26)20-12-11-19(29-20)14-5-7-15(22)8-6-14/h5-13,25H,3-4H2,1-2H3,(H,23,26). The number of hydrogen-bond donors (Lipinski definition) is 2. The Balaban J connectivity index is 1.84. The molecule has 1 amide bonds. The molecule has 0 bridgehead atoms. The van der Waals surface area contributed by atoms with E-state index in [1.807, 2.05) is 0 Å². The van der Waals surface area contributed by atoms with Crippen LogP contribution in [0.25, 0.3) is 11.3 Å². The fraction of sp³-hybridized carbons (Fsp3) is 0.190. The van der Waals surface area contributed by atoms with Crippen LogP contribution in [-0.4, -0.2) is 36.8 Å². The van der Waals surface area contributed by atoms with Gasteiger partial charge in [0.25, 0.3) is 5.91 Å². The smallest absolute Gasteiger partial charge is 0.291 e. The van der Waals surface area contributed by atoms with Crippen LogP contribution in [-0.2, 0) is 10.0 Å². The highest BCUT2D eigenvalue weighted by Gasteiger charge is 2.23. The molecule has 3 rings (SSSR count). The predicted molar refractivity (Wildman–Crippen MR) is 110 cm³/mol. The van der Waals surface area contributed by atoms with E-state index in [2.05, 4.69) is 5.32 Å². The Labute approximate surface area is 173 Å².